The van der Waals surface area contributed by atoms with Crippen LogP contribution in [0.1, 0.15) is 114 Å². The third-order valence-electron chi connectivity index (χ3n) is 12.5. The van der Waals surface area contributed by atoms with E-state index in [1.165, 1.54) is 12.0 Å². The quantitative estimate of drug-likeness (QED) is 0.395. The molecule has 9 unspecified atom stereocenters. The highest BCUT2D eigenvalue weighted by atomic mass is 16.3. The Balaban J connectivity index is 1.70. The molecule has 0 heterocycles. The highest BCUT2D eigenvalue weighted by Gasteiger charge is 2.72. The van der Waals surface area contributed by atoms with E-state index in [4.69, 9.17) is 0 Å². The van der Waals surface area contributed by atoms with Crippen LogP contribution in [-0.2, 0) is 0 Å². The normalized spacial score (nSPS) is 51.6. The first-order valence-corrected chi connectivity index (χ1v) is 14.2. The molecular formula is C31H54O3. The minimum atomic E-state index is -0.748. The monoisotopic (exact) mass is 474 g/mol. The van der Waals surface area contributed by atoms with E-state index < -0.39 is 5.60 Å². The number of hydrogen-bond donors (Lipinski definition) is 3. The molecule has 4 fully saturated rings. The van der Waals surface area contributed by atoms with Gasteiger partial charge in [0.1, 0.15) is 0 Å². The maximum absolute atomic E-state index is 11.8. The van der Waals surface area contributed by atoms with Crippen LogP contribution in [0.5, 0.6) is 0 Å². The Labute approximate surface area is 209 Å². The van der Waals surface area contributed by atoms with Gasteiger partial charge < -0.3 is 15.3 Å². The summed E-state index contributed by atoms with van der Waals surface area (Å²) in [6.07, 6.45) is 9.38. The van der Waals surface area contributed by atoms with E-state index in [9.17, 15) is 15.3 Å². The molecule has 3 nitrogen and oxygen atoms in total. The first kappa shape index (κ1) is 26.7. The zero-order valence-corrected chi connectivity index (χ0v) is 23.6. The Morgan fingerprint density at radius 3 is 2.26 bits per heavy atom. The molecule has 0 bridgehead atoms. The molecule has 4 aliphatic carbocycles. The molecule has 196 valence electrons. The van der Waals surface area contributed by atoms with E-state index >= 15 is 0 Å². The minimum Gasteiger partial charge on any atom is -0.393 e. The van der Waals surface area contributed by atoms with Crippen molar-refractivity contribution >= 4 is 0 Å². The average Bonchev–Trinajstić information content (AvgIpc) is 3.07. The summed E-state index contributed by atoms with van der Waals surface area (Å²) in [6.45, 7) is 20.8. The van der Waals surface area contributed by atoms with Gasteiger partial charge in [-0.1, -0.05) is 53.2 Å². The second-order valence-electron chi connectivity index (χ2n) is 15.1. The second kappa shape index (κ2) is 8.32. The topological polar surface area (TPSA) is 60.7 Å². The molecule has 4 saturated carbocycles. The highest BCUT2D eigenvalue weighted by Crippen LogP contribution is 2.76. The van der Waals surface area contributed by atoms with Gasteiger partial charge in [0, 0.05) is 0 Å². The van der Waals surface area contributed by atoms with Crippen molar-refractivity contribution in [3.63, 3.8) is 0 Å². The van der Waals surface area contributed by atoms with Gasteiger partial charge in [-0.05, 0) is 123 Å². The predicted molar refractivity (Wildman–Crippen MR) is 140 cm³/mol. The fourth-order valence-electron chi connectivity index (χ4n) is 11.2. The van der Waals surface area contributed by atoms with Crippen molar-refractivity contribution in [1.82, 2.24) is 0 Å². The van der Waals surface area contributed by atoms with Gasteiger partial charge in [-0.25, -0.2) is 0 Å². The molecule has 3 N–H and O–H groups in total. The van der Waals surface area contributed by atoms with Crippen LogP contribution >= 0.6 is 0 Å². The van der Waals surface area contributed by atoms with E-state index in [1.54, 1.807) is 0 Å². The summed E-state index contributed by atoms with van der Waals surface area (Å²) in [5.41, 5.74) is 0.771. The van der Waals surface area contributed by atoms with Crippen LogP contribution in [0.3, 0.4) is 0 Å². The average molecular weight is 475 g/mol. The van der Waals surface area contributed by atoms with Gasteiger partial charge in [0.15, 0.2) is 0 Å². The van der Waals surface area contributed by atoms with E-state index in [-0.39, 0.29) is 45.7 Å². The Morgan fingerprint density at radius 1 is 1.00 bits per heavy atom. The summed E-state index contributed by atoms with van der Waals surface area (Å²) >= 11 is 0. The summed E-state index contributed by atoms with van der Waals surface area (Å²) in [5.74, 6) is 1.78. The van der Waals surface area contributed by atoms with Crippen LogP contribution in [0.4, 0.5) is 0 Å². The van der Waals surface area contributed by atoms with Gasteiger partial charge in [-0.2, -0.15) is 0 Å². The van der Waals surface area contributed by atoms with Gasteiger partial charge in [0.25, 0.3) is 0 Å². The summed E-state index contributed by atoms with van der Waals surface area (Å²) in [4.78, 5) is 0. The fraction of sp³-hybridized carbons (Fsp3) is 0.935. The molecule has 4 aliphatic rings. The SMILES string of the molecule is CC(C)=CCCC(C)(O)C1CC[C@]2(C)C1C(O)CC1C3(C)CCC(O)C(C)(C)C3[C@@H](C)CC12C. The molecule has 4 rings (SSSR count). The van der Waals surface area contributed by atoms with E-state index in [2.05, 4.69) is 61.5 Å². The molecule has 0 radical (unpaired) electrons. The largest absolute Gasteiger partial charge is 0.393 e. The molecule has 0 saturated heterocycles. The van der Waals surface area contributed by atoms with Crippen molar-refractivity contribution < 1.29 is 15.3 Å². The third kappa shape index (κ3) is 3.61. The smallest absolute Gasteiger partial charge is 0.0654 e. The summed E-state index contributed by atoms with van der Waals surface area (Å²) < 4.78 is 0. The lowest BCUT2D eigenvalue weighted by Gasteiger charge is -2.72. The Morgan fingerprint density at radius 2 is 1.65 bits per heavy atom. The van der Waals surface area contributed by atoms with Crippen LogP contribution in [-0.4, -0.2) is 33.1 Å². The van der Waals surface area contributed by atoms with E-state index in [0.717, 1.165) is 44.9 Å². The summed E-state index contributed by atoms with van der Waals surface area (Å²) in [5, 5.41) is 34.5. The van der Waals surface area contributed by atoms with Crippen molar-refractivity contribution in [2.75, 3.05) is 0 Å². The zero-order valence-electron chi connectivity index (χ0n) is 23.6. The summed E-state index contributed by atoms with van der Waals surface area (Å²) in [6, 6.07) is 0. The number of allylic oxidation sites excluding steroid dienone is 2. The van der Waals surface area contributed by atoms with Crippen LogP contribution in [0.15, 0.2) is 11.6 Å². The lowest BCUT2D eigenvalue weighted by Crippen LogP contribution is -2.68. The van der Waals surface area contributed by atoms with Crippen molar-refractivity contribution in [3.05, 3.63) is 11.6 Å². The van der Waals surface area contributed by atoms with Crippen molar-refractivity contribution in [2.45, 2.75) is 131 Å². The minimum absolute atomic E-state index is 0.0307. The number of hydrogen-bond acceptors (Lipinski definition) is 3. The lowest BCUT2D eigenvalue weighted by molar-refractivity contribution is -0.261. The maximum Gasteiger partial charge on any atom is 0.0654 e. The zero-order chi connectivity index (χ0) is 25.5. The molecule has 0 aromatic carbocycles. The molecule has 0 amide bonds. The van der Waals surface area contributed by atoms with Crippen molar-refractivity contribution in [3.8, 4) is 0 Å². The van der Waals surface area contributed by atoms with E-state index in [0.29, 0.717) is 17.8 Å². The van der Waals surface area contributed by atoms with Crippen molar-refractivity contribution in [2.24, 2.45) is 51.2 Å². The molecule has 0 aromatic rings. The van der Waals surface area contributed by atoms with Gasteiger partial charge in [0.2, 0.25) is 0 Å². The number of rotatable bonds is 4. The number of aliphatic hydroxyl groups is 3. The predicted octanol–water partition coefficient (Wildman–Crippen LogP) is 6.75. The molecule has 0 aliphatic heterocycles. The highest BCUT2D eigenvalue weighted by molar-refractivity contribution is 5.21. The molecular weight excluding hydrogens is 420 g/mol. The molecule has 0 spiro atoms. The first-order chi connectivity index (χ1) is 15.5. The third-order valence-corrected chi connectivity index (χ3v) is 12.5. The Kier molecular flexibility index (Phi) is 6.53. The number of fused-ring (bicyclic) bond motifs is 5. The second-order valence-corrected chi connectivity index (χ2v) is 15.1. The van der Waals surface area contributed by atoms with Crippen LogP contribution in [0, 0.1) is 51.2 Å². The van der Waals surface area contributed by atoms with Crippen LogP contribution in [0.25, 0.3) is 0 Å². The lowest BCUT2D eigenvalue weighted by atomic mass is 9.33. The molecule has 0 aromatic heterocycles. The van der Waals surface area contributed by atoms with E-state index in [1.807, 2.05) is 6.92 Å². The Hall–Kier alpha value is -0.380. The van der Waals surface area contributed by atoms with Gasteiger partial charge in [-0.15, -0.1) is 0 Å². The van der Waals surface area contributed by atoms with Gasteiger partial charge >= 0.3 is 0 Å². The molecule has 3 heteroatoms. The van der Waals surface area contributed by atoms with Crippen molar-refractivity contribution in [1.29, 1.82) is 0 Å². The summed E-state index contributed by atoms with van der Waals surface area (Å²) in [7, 11) is 0. The fourth-order valence-corrected chi connectivity index (χ4v) is 11.2. The number of aliphatic hydroxyl groups excluding tert-OH is 2. The van der Waals surface area contributed by atoms with Crippen LogP contribution in [0.2, 0.25) is 0 Å². The standard InChI is InChI=1S/C31H54O3/c1-19(2)11-10-14-31(9,34)21-12-16-29(7)25(21)22(32)17-23-28(6)15-13-24(33)27(4,5)26(28)20(3)18-30(23,29)8/h11,20-26,32-34H,10,12-18H2,1-9H3/t20-,21?,22?,23?,24?,25?,26?,28?,29+,30?,31?/m0/s1. The maximum atomic E-state index is 11.8. The molecule has 34 heavy (non-hydrogen) atoms. The Bertz CT molecular complexity index is 809. The molecule has 11 atom stereocenters. The first-order valence-electron chi connectivity index (χ1n) is 14.2. The van der Waals surface area contributed by atoms with Gasteiger partial charge in [0.05, 0.1) is 17.8 Å². The van der Waals surface area contributed by atoms with Gasteiger partial charge in [-0.3, -0.25) is 0 Å². The van der Waals surface area contributed by atoms with Crippen LogP contribution < -0.4 is 0 Å².